The van der Waals surface area contributed by atoms with Crippen molar-refractivity contribution in [1.29, 1.82) is 0 Å². The van der Waals surface area contributed by atoms with Crippen molar-refractivity contribution >= 4 is 23.5 Å². The number of rotatable bonds is 4. The zero-order valence-electron chi connectivity index (χ0n) is 13.8. The van der Waals surface area contributed by atoms with Crippen LogP contribution in [-0.4, -0.2) is 28.1 Å². The second-order valence-corrected chi connectivity index (χ2v) is 5.80. The lowest BCUT2D eigenvalue weighted by Crippen LogP contribution is -2.25. The standard InChI is InChI=1S/C20H15N3O3/c24-18(15-7-9-19-17(10-15)22-20(25)13-26-19)8-6-14-11-21-23(12-14)16-4-2-1-3-5-16/h1-12H,13H2,(H,22,25). The van der Waals surface area contributed by atoms with Crippen LogP contribution >= 0.6 is 0 Å². The van der Waals surface area contributed by atoms with Gasteiger partial charge in [0.2, 0.25) is 0 Å². The van der Waals surface area contributed by atoms with Gasteiger partial charge in [-0.1, -0.05) is 18.2 Å². The van der Waals surface area contributed by atoms with E-state index >= 15 is 0 Å². The van der Waals surface area contributed by atoms with E-state index in [0.29, 0.717) is 17.0 Å². The molecule has 1 amide bonds. The number of ether oxygens (including phenoxy) is 1. The highest BCUT2D eigenvalue weighted by Crippen LogP contribution is 2.28. The normalized spacial score (nSPS) is 13.2. The Kier molecular flexibility index (Phi) is 4.07. The molecule has 0 aliphatic carbocycles. The van der Waals surface area contributed by atoms with Crippen LogP contribution in [0.15, 0.2) is 67.0 Å². The first kappa shape index (κ1) is 15.8. The Morgan fingerprint density at radius 3 is 2.88 bits per heavy atom. The number of benzene rings is 2. The maximum atomic E-state index is 12.4. The Morgan fingerprint density at radius 1 is 1.19 bits per heavy atom. The molecule has 2 heterocycles. The van der Waals surface area contributed by atoms with Crippen molar-refractivity contribution in [3.8, 4) is 11.4 Å². The van der Waals surface area contributed by atoms with Gasteiger partial charge in [-0.2, -0.15) is 5.10 Å². The molecule has 0 radical (unpaired) electrons. The first-order valence-electron chi connectivity index (χ1n) is 8.08. The molecule has 0 unspecified atom stereocenters. The lowest BCUT2D eigenvalue weighted by molar-refractivity contribution is -0.118. The van der Waals surface area contributed by atoms with Gasteiger partial charge in [0.15, 0.2) is 12.4 Å². The number of hydrogen-bond acceptors (Lipinski definition) is 4. The minimum atomic E-state index is -0.231. The summed E-state index contributed by atoms with van der Waals surface area (Å²) in [5, 5.41) is 6.99. The monoisotopic (exact) mass is 345 g/mol. The average molecular weight is 345 g/mol. The van der Waals surface area contributed by atoms with Crippen LogP contribution in [0.4, 0.5) is 5.69 Å². The second-order valence-electron chi connectivity index (χ2n) is 5.80. The number of amides is 1. The van der Waals surface area contributed by atoms with Crippen LogP contribution in [-0.2, 0) is 4.79 Å². The molecule has 6 heteroatoms. The summed E-state index contributed by atoms with van der Waals surface area (Å²) >= 11 is 0. The Hall–Kier alpha value is -3.67. The van der Waals surface area contributed by atoms with E-state index in [2.05, 4.69) is 10.4 Å². The summed E-state index contributed by atoms with van der Waals surface area (Å²) in [6, 6.07) is 14.7. The number of carbonyl (C=O) groups excluding carboxylic acids is 2. The number of anilines is 1. The van der Waals surface area contributed by atoms with Gasteiger partial charge in [-0.05, 0) is 42.5 Å². The van der Waals surface area contributed by atoms with E-state index in [1.165, 1.54) is 6.08 Å². The Bertz CT molecular complexity index is 1010. The summed E-state index contributed by atoms with van der Waals surface area (Å²) < 4.78 is 7.04. The predicted molar refractivity (Wildman–Crippen MR) is 97.5 cm³/mol. The molecule has 1 aliphatic heterocycles. The second kappa shape index (κ2) is 6.68. The van der Waals surface area contributed by atoms with Crippen LogP contribution in [0.5, 0.6) is 5.75 Å². The minimum Gasteiger partial charge on any atom is -0.482 e. The third kappa shape index (κ3) is 3.25. The molecule has 128 valence electrons. The molecular formula is C20H15N3O3. The van der Waals surface area contributed by atoms with Gasteiger partial charge < -0.3 is 10.1 Å². The van der Waals surface area contributed by atoms with Crippen molar-refractivity contribution in [1.82, 2.24) is 9.78 Å². The molecular weight excluding hydrogens is 330 g/mol. The third-order valence-electron chi connectivity index (χ3n) is 3.95. The van der Waals surface area contributed by atoms with Gasteiger partial charge in [0.1, 0.15) is 5.75 Å². The molecule has 6 nitrogen and oxygen atoms in total. The number of nitrogens with one attached hydrogen (secondary N) is 1. The van der Waals surface area contributed by atoms with E-state index in [1.54, 1.807) is 35.2 Å². The van der Waals surface area contributed by atoms with Gasteiger partial charge in [-0.15, -0.1) is 0 Å². The largest absolute Gasteiger partial charge is 0.482 e. The molecule has 2 aromatic carbocycles. The summed E-state index contributed by atoms with van der Waals surface area (Å²) in [6.45, 7) is -0.00833. The van der Waals surface area contributed by atoms with E-state index in [4.69, 9.17) is 4.74 Å². The number of hydrogen-bond donors (Lipinski definition) is 1. The lowest BCUT2D eigenvalue weighted by Gasteiger charge is -2.17. The van der Waals surface area contributed by atoms with Gasteiger partial charge in [0.25, 0.3) is 5.91 Å². The molecule has 0 atom stereocenters. The third-order valence-corrected chi connectivity index (χ3v) is 3.95. The fourth-order valence-corrected chi connectivity index (χ4v) is 2.65. The topological polar surface area (TPSA) is 73.2 Å². The van der Waals surface area contributed by atoms with Crippen molar-refractivity contribution in [2.75, 3.05) is 11.9 Å². The predicted octanol–water partition coefficient (Wildman–Crippen LogP) is 3.10. The SMILES string of the molecule is O=C1COc2ccc(C(=O)C=Cc3cnn(-c4ccccc4)c3)cc2N1. The van der Waals surface area contributed by atoms with Crippen LogP contribution in [0.3, 0.4) is 0 Å². The molecule has 26 heavy (non-hydrogen) atoms. The number of carbonyl (C=O) groups is 2. The van der Waals surface area contributed by atoms with E-state index in [0.717, 1.165) is 11.3 Å². The molecule has 1 N–H and O–H groups in total. The fourth-order valence-electron chi connectivity index (χ4n) is 2.65. The van der Waals surface area contributed by atoms with E-state index < -0.39 is 0 Å². The van der Waals surface area contributed by atoms with Crippen molar-refractivity contribution in [2.24, 2.45) is 0 Å². The number of ketones is 1. The molecule has 0 spiro atoms. The molecule has 0 saturated heterocycles. The number of allylic oxidation sites excluding steroid dienone is 1. The lowest BCUT2D eigenvalue weighted by atomic mass is 10.1. The van der Waals surface area contributed by atoms with Crippen LogP contribution in [0, 0.1) is 0 Å². The van der Waals surface area contributed by atoms with Crippen molar-refractivity contribution in [2.45, 2.75) is 0 Å². The number of para-hydroxylation sites is 1. The summed E-state index contributed by atoms with van der Waals surface area (Å²) in [4.78, 5) is 23.8. The Balaban J connectivity index is 1.51. The van der Waals surface area contributed by atoms with E-state index in [9.17, 15) is 9.59 Å². The quantitative estimate of drug-likeness (QED) is 0.582. The van der Waals surface area contributed by atoms with E-state index in [1.807, 2.05) is 36.5 Å². The number of nitrogens with zero attached hydrogens (tertiary/aromatic N) is 2. The van der Waals surface area contributed by atoms with Gasteiger partial charge in [0.05, 0.1) is 17.6 Å². The van der Waals surface area contributed by atoms with Gasteiger partial charge in [-0.3, -0.25) is 9.59 Å². The number of fused-ring (bicyclic) bond motifs is 1. The smallest absolute Gasteiger partial charge is 0.262 e. The van der Waals surface area contributed by atoms with Crippen LogP contribution in [0.1, 0.15) is 15.9 Å². The zero-order chi connectivity index (χ0) is 17.9. The maximum Gasteiger partial charge on any atom is 0.262 e. The molecule has 0 saturated carbocycles. The van der Waals surface area contributed by atoms with Crippen molar-refractivity contribution in [3.05, 3.63) is 78.1 Å². The number of aromatic nitrogens is 2. The molecule has 1 aromatic heterocycles. The first-order valence-corrected chi connectivity index (χ1v) is 8.08. The molecule has 0 bridgehead atoms. The van der Waals surface area contributed by atoms with Gasteiger partial charge in [0, 0.05) is 17.3 Å². The highest BCUT2D eigenvalue weighted by atomic mass is 16.5. The zero-order valence-corrected chi connectivity index (χ0v) is 13.8. The molecule has 4 rings (SSSR count). The highest BCUT2D eigenvalue weighted by molar-refractivity contribution is 6.08. The Morgan fingerprint density at radius 2 is 2.04 bits per heavy atom. The van der Waals surface area contributed by atoms with E-state index in [-0.39, 0.29) is 18.3 Å². The Labute approximate surface area is 149 Å². The van der Waals surface area contributed by atoms with Crippen molar-refractivity contribution < 1.29 is 14.3 Å². The molecule has 1 aliphatic rings. The summed E-state index contributed by atoms with van der Waals surface area (Å²) in [7, 11) is 0. The maximum absolute atomic E-state index is 12.4. The fraction of sp³-hybridized carbons (Fsp3) is 0.0500. The van der Waals surface area contributed by atoms with Gasteiger partial charge >= 0.3 is 0 Å². The van der Waals surface area contributed by atoms with Gasteiger partial charge in [-0.25, -0.2) is 4.68 Å². The summed E-state index contributed by atoms with van der Waals surface area (Å²) in [5.41, 5.74) is 2.75. The van der Waals surface area contributed by atoms with Crippen LogP contribution in [0.2, 0.25) is 0 Å². The van der Waals surface area contributed by atoms with Crippen LogP contribution < -0.4 is 10.1 Å². The highest BCUT2D eigenvalue weighted by Gasteiger charge is 2.17. The molecule has 3 aromatic rings. The summed E-state index contributed by atoms with van der Waals surface area (Å²) in [5.74, 6) is 0.167. The summed E-state index contributed by atoms with van der Waals surface area (Å²) in [6.07, 6.45) is 6.74. The van der Waals surface area contributed by atoms with Crippen LogP contribution in [0.25, 0.3) is 11.8 Å². The molecule has 0 fully saturated rings. The minimum absolute atomic E-state index is 0.00833. The first-order chi connectivity index (χ1) is 12.7. The average Bonchev–Trinajstić information content (AvgIpc) is 3.15. The van der Waals surface area contributed by atoms with Crippen molar-refractivity contribution in [3.63, 3.8) is 0 Å².